The molecule has 0 bridgehead atoms. The summed E-state index contributed by atoms with van der Waals surface area (Å²) in [5.74, 6) is 1.70. The van der Waals surface area contributed by atoms with Gasteiger partial charge in [0.05, 0.1) is 0 Å². The molecule has 0 radical (unpaired) electrons. The molecule has 0 saturated heterocycles. The van der Waals surface area contributed by atoms with E-state index in [2.05, 4.69) is 10.2 Å². The molecule has 18 heavy (non-hydrogen) atoms. The molecule has 5 nitrogen and oxygen atoms in total. The van der Waals surface area contributed by atoms with Crippen molar-refractivity contribution in [3.63, 3.8) is 0 Å². The van der Waals surface area contributed by atoms with Crippen molar-refractivity contribution in [1.29, 1.82) is 0 Å². The lowest BCUT2D eigenvalue weighted by atomic mass is 10.3. The second-order valence-corrected chi connectivity index (χ2v) is 4.16. The molecular weight excluding hydrogens is 254 g/mol. The fourth-order valence-electron chi connectivity index (χ4n) is 1.40. The Labute approximate surface area is 110 Å². The molecule has 0 aliphatic rings. The standard InChI is InChI=1S/C12H14ClN3O2/c13-9-3-1-4-10(7-9)17-8-12-16-15-11(18-12)5-2-6-14/h1,3-4,7H,2,5-6,8,14H2. The molecule has 0 unspecified atom stereocenters. The average molecular weight is 268 g/mol. The molecule has 96 valence electrons. The third kappa shape index (κ3) is 3.72. The van der Waals surface area contributed by atoms with E-state index in [1.165, 1.54) is 0 Å². The number of hydrogen-bond acceptors (Lipinski definition) is 5. The first kappa shape index (κ1) is 12.9. The van der Waals surface area contributed by atoms with E-state index in [1.54, 1.807) is 12.1 Å². The zero-order chi connectivity index (χ0) is 12.8. The molecule has 6 heteroatoms. The van der Waals surface area contributed by atoms with Crippen molar-refractivity contribution in [1.82, 2.24) is 10.2 Å². The van der Waals surface area contributed by atoms with Gasteiger partial charge in [-0.2, -0.15) is 0 Å². The minimum atomic E-state index is 0.232. The first-order valence-electron chi connectivity index (χ1n) is 5.67. The van der Waals surface area contributed by atoms with Crippen molar-refractivity contribution in [2.75, 3.05) is 6.54 Å². The number of rotatable bonds is 6. The Morgan fingerprint density at radius 1 is 1.28 bits per heavy atom. The topological polar surface area (TPSA) is 74.2 Å². The highest BCUT2D eigenvalue weighted by molar-refractivity contribution is 6.30. The van der Waals surface area contributed by atoms with Crippen LogP contribution in [-0.2, 0) is 13.0 Å². The van der Waals surface area contributed by atoms with Crippen LogP contribution >= 0.6 is 11.6 Å². The second kappa shape index (κ2) is 6.37. The molecule has 0 aliphatic heterocycles. The fourth-order valence-corrected chi connectivity index (χ4v) is 1.58. The molecule has 2 rings (SSSR count). The van der Waals surface area contributed by atoms with Gasteiger partial charge < -0.3 is 14.9 Å². The van der Waals surface area contributed by atoms with Crippen LogP contribution < -0.4 is 10.5 Å². The summed E-state index contributed by atoms with van der Waals surface area (Å²) in [5.41, 5.74) is 5.40. The van der Waals surface area contributed by atoms with Crippen LogP contribution in [0.5, 0.6) is 5.75 Å². The summed E-state index contributed by atoms with van der Waals surface area (Å²) >= 11 is 5.84. The summed E-state index contributed by atoms with van der Waals surface area (Å²) in [6.07, 6.45) is 1.53. The molecule has 1 heterocycles. The van der Waals surface area contributed by atoms with Gasteiger partial charge in [0.2, 0.25) is 5.89 Å². The summed E-state index contributed by atoms with van der Waals surface area (Å²) in [6.45, 7) is 0.840. The van der Waals surface area contributed by atoms with E-state index in [0.717, 1.165) is 6.42 Å². The molecule has 2 aromatic rings. The van der Waals surface area contributed by atoms with Crippen molar-refractivity contribution in [3.8, 4) is 5.75 Å². The average Bonchev–Trinajstić information content (AvgIpc) is 2.82. The third-order valence-corrected chi connectivity index (χ3v) is 2.50. The number of benzene rings is 1. The maximum atomic E-state index is 5.84. The van der Waals surface area contributed by atoms with Crippen LogP contribution in [0.25, 0.3) is 0 Å². The van der Waals surface area contributed by atoms with Gasteiger partial charge in [-0.15, -0.1) is 10.2 Å². The van der Waals surface area contributed by atoms with Crippen molar-refractivity contribution >= 4 is 11.6 Å². The van der Waals surface area contributed by atoms with Gasteiger partial charge in [-0.3, -0.25) is 0 Å². The van der Waals surface area contributed by atoms with Crippen LogP contribution in [0.4, 0.5) is 0 Å². The zero-order valence-corrected chi connectivity index (χ0v) is 10.6. The van der Waals surface area contributed by atoms with Gasteiger partial charge >= 0.3 is 0 Å². The maximum Gasteiger partial charge on any atom is 0.253 e. The van der Waals surface area contributed by atoms with Crippen LogP contribution in [0.1, 0.15) is 18.2 Å². The van der Waals surface area contributed by atoms with Crippen LogP contribution in [0.15, 0.2) is 28.7 Å². The molecule has 0 saturated carbocycles. The predicted molar refractivity (Wildman–Crippen MR) is 67.5 cm³/mol. The molecule has 0 fully saturated rings. The highest BCUT2D eigenvalue weighted by Gasteiger charge is 2.06. The van der Waals surface area contributed by atoms with Gasteiger partial charge in [-0.1, -0.05) is 17.7 Å². The highest BCUT2D eigenvalue weighted by atomic mass is 35.5. The van der Waals surface area contributed by atoms with E-state index in [4.69, 9.17) is 26.5 Å². The van der Waals surface area contributed by atoms with Crippen LogP contribution in [0, 0.1) is 0 Å². The Balaban J connectivity index is 1.88. The molecule has 0 amide bonds. The van der Waals surface area contributed by atoms with Crippen LogP contribution in [-0.4, -0.2) is 16.7 Å². The largest absolute Gasteiger partial charge is 0.484 e. The first-order chi connectivity index (χ1) is 8.78. The minimum absolute atomic E-state index is 0.232. The molecule has 0 aliphatic carbocycles. The first-order valence-corrected chi connectivity index (χ1v) is 6.05. The Morgan fingerprint density at radius 3 is 2.89 bits per heavy atom. The zero-order valence-electron chi connectivity index (χ0n) is 9.80. The smallest absolute Gasteiger partial charge is 0.253 e. The Morgan fingerprint density at radius 2 is 2.11 bits per heavy atom. The quantitative estimate of drug-likeness (QED) is 0.868. The predicted octanol–water partition coefficient (Wildman–Crippen LogP) is 2.19. The van der Waals surface area contributed by atoms with Gasteiger partial charge in [0.15, 0.2) is 6.61 Å². The Kier molecular flexibility index (Phi) is 4.55. The molecule has 1 aromatic carbocycles. The molecule has 1 aromatic heterocycles. The number of hydrogen-bond donors (Lipinski definition) is 1. The van der Waals surface area contributed by atoms with Gasteiger partial charge in [0, 0.05) is 11.4 Å². The number of aryl methyl sites for hydroxylation is 1. The molecule has 2 N–H and O–H groups in total. The van der Waals surface area contributed by atoms with Gasteiger partial charge in [0.25, 0.3) is 5.89 Å². The fraction of sp³-hybridized carbons (Fsp3) is 0.333. The van der Waals surface area contributed by atoms with Gasteiger partial charge in [-0.25, -0.2) is 0 Å². The Hall–Kier alpha value is -1.59. The van der Waals surface area contributed by atoms with Gasteiger partial charge in [0.1, 0.15) is 5.75 Å². The van der Waals surface area contributed by atoms with E-state index < -0.39 is 0 Å². The van der Waals surface area contributed by atoms with Crippen molar-refractivity contribution in [2.45, 2.75) is 19.4 Å². The highest BCUT2D eigenvalue weighted by Crippen LogP contribution is 2.18. The summed E-state index contributed by atoms with van der Waals surface area (Å²) in [5, 5.41) is 8.42. The normalized spacial score (nSPS) is 10.6. The summed E-state index contributed by atoms with van der Waals surface area (Å²) in [6, 6.07) is 7.15. The van der Waals surface area contributed by atoms with E-state index >= 15 is 0 Å². The molecule has 0 atom stereocenters. The summed E-state index contributed by atoms with van der Waals surface area (Å²) < 4.78 is 10.9. The molecule has 0 spiro atoms. The summed E-state index contributed by atoms with van der Waals surface area (Å²) in [4.78, 5) is 0. The van der Waals surface area contributed by atoms with Gasteiger partial charge in [-0.05, 0) is 31.2 Å². The maximum absolute atomic E-state index is 5.84. The summed E-state index contributed by atoms with van der Waals surface area (Å²) in [7, 11) is 0. The minimum Gasteiger partial charge on any atom is -0.484 e. The third-order valence-electron chi connectivity index (χ3n) is 2.26. The van der Waals surface area contributed by atoms with Crippen LogP contribution in [0.2, 0.25) is 5.02 Å². The van der Waals surface area contributed by atoms with Crippen molar-refractivity contribution in [2.24, 2.45) is 5.73 Å². The monoisotopic (exact) mass is 267 g/mol. The number of halogens is 1. The lowest BCUT2D eigenvalue weighted by Crippen LogP contribution is -2.00. The van der Waals surface area contributed by atoms with Crippen LogP contribution in [0.3, 0.4) is 0 Å². The lowest BCUT2D eigenvalue weighted by Gasteiger charge is -2.02. The van der Waals surface area contributed by atoms with Crippen molar-refractivity contribution < 1.29 is 9.15 Å². The number of ether oxygens (including phenoxy) is 1. The second-order valence-electron chi connectivity index (χ2n) is 3.73. The lowest BCUT2D eigenvalue weighted by molar-refractivity contribution is 0.258. The van der Waals surface area contributed by atoms with Crippen molar-refractivity contribution in [3.05, 3.63) is 41.1 Å². The Bertz CT molecular complexity index is 502. The SMILES string of the molecule is NCCCc1nnc(COc2cccc(Cl)c2)o1. The number of nitrogens with zero attached hydrogens (tertiary/aromatic N) is 2. The molecular formula is C12H14ClN3O2. The van der Waals surface area contributed by atoms with E-state index in [1.807, 2.05) is 12.1 Å². The van der Waals surface area contributed by atoms with E-state index in [9.17, 15) is 0 Å². The number of aromatic nitrogens is 2. The van der Waals surface area contributed by atoms with E-state index in [0.29, 0.717) is 35.5 Å². The van der Waals surface area contributed by atoms with E-state index in [-0.39, 0.29) is 6.61 Å². The number of nitrogens with two attached hydrogens (primary N) is 1.